The summed E-state index contributed by atoms with van der Waals surface area (Å²) in [5.74, 6) is 1.81. The van der Waals surface area contributed by atoms with Crippen molar-refractivity contribution in [3.63, 3.8) is 0 Å². The highest BCUT2D eigenvalue weighted by Gasteiger charge is 2.52. The molecule has 392 valence electrons. The van der Waals surface area contributed by atoms with E-state index >= 15 is 0 Å². The van der Waals surface area contributed by atoms with Gasteiger partial charge in [-0.15, -0.1) is 0 Å². The molecule has 4 heterocycles. The highest BCUT2D eigenvalue weighted by Crippen LogP contribution is 2.63. The molecule has 1 spiro atoms. The zero-order valence-corrected chi connectivity index (χ0v) is 45.9. The van der Waals surface area contributed by atoms with Crippen molar-refractivity contribution in [2.45, 2.75) is 11.8 Å². The Kier molecular flexibility index (Phi) is 10.7. The molecule has 14 aromatic rings. The van der Waals surface area contributed by atoms with Crippen LogP contribution in [0.4, 0.5) is 0 Å². The van der Waals surface area contributed by atoms with Crippen LogP contribution >= 0.6 is 0 Å². The van der Waals surface area contributed by atoms with E-state index < -0.39 is 5.41 Å². The van der Waals surface area contributed by atoms with Gasteiger partial charge in [-0.3, -0.25) is 9.13 Å². The van der Waals surface area contributed by atoms with Gasteiger partial charge in [-0.1, -0.05) is 213 Å². The summed E-state index contributed by atoms with van der Waals surface area (Å²) in [6.07, 6.45) is 17.8. The van der Waals surface area contributed by atoms with E-state index in [4.69, 9.17) is 9.97 Å². The molecule has 0 fully saturated rings. The summed E-state index contributed by atoms with van der Waals surface area (Å²) in [5.41, 5.74) is 24.8. The van der Waals surface area contributed by atoms with E-state index in [2.05, 4.69) is 277 Å². The largest absolute Gasteiger partial charge is 0.294 e. The molecular weight excluding hydrogens is 1020 g/mol. The van der Waals surface area contributed by atoms with Gasteiger partial charge in [0.1, 0.15) is 11.6 Å². The highest BCUT2D eigenvalue weighted by atomic mass is 15.1. The van der Waals surface area contributed by atoms with Crippen LogP contribution in [0.15, 0.2) is 304 Å². The molecule has 0 radical (unpaired) electrons. The molecule has 3 aliphatic carbocycles. The number of benzene rings is 10. The second kappa shape index (κ2) is 18.8. The number of pyridine rings is 2. The maximum Gasteiger partial charge on any atom is 0.137 e. The number of hydrogen-bond acceptors (Lipinski definition) is 2. The van der Waals surface area contributed by atoms with Crippen LogP contribution in [0.5, 0.6) is 0 Å². The highest BCUT2D eigenvalue weighted by molar-refractivity contribution is 6.13. The van der Waals surface area contributed by atoms with Crippen molar-refractivity contribution in [3.8, 4) is 56.1 Å². The number of fused-ring (bicyclic) bond motifs is 17. The number of allylic oxidation sites excluding steroid dienone is 9. The minimum Gasteiger partial charge on any atom is -0.294 e. The lowest BCUT2D eigenvalue weighted by Crippen LogP contribution is -2.26. The molecule has 0 saturated heterocycles. The standard InChI is InChI=1S/C80H52N4/c1-51-19-3-2-4-20-52(33-38-57(51)54-36-43-76-68(47-54)66-25-9-13-29-74(66)83(76)78-31-15-17-45-81-78)53-34-39-64-65-40-35-56(50-73(65)80(72(64)49-53)70-27-11-7-23-62(70)63-24-8-12-28-71(63)80)59-42-41-58(60-21-5-6-22-61(59)60)55-37-44-77-69(48-55)67-26-10-14-30-75(67)84(77)79-32-16-18-46-82-79/h2-19,21-50H,1,20H2/b4-2-,19-3-,52-33+,57-38?. The molecule has 0 bridgehead atoms. The average molecular weight is 1070 g/mol. The van der Waals surface area contributed by atoms with Gasteiger partial charge in [0.05, 0.1) is 27.5 Å². The van der Waals surface area contributed by atoms with Crippen molar-refractivity contribution < 1.29 is 0 Å². The van der Waals surface area contributed by atoms with Crippen molar-refractivity contribution >= 4 is 65.5 Å². The van der Waals surface area contributed by atoms with Gasteiger partial charge < -0.3 is 0 Å². The molecular formula is C80H52N4. The first-order chi connectivity index (χ1) is 41.6. The Hall–Kier alpha value is -10.9. The van der Waals surface area contributed by atoms with Crippen LogP contribution in [-0.2, 0) is 5.41 Å². The summed E-state index contributed by atoms with van der Waals surface area (Å²) in [6.45, 7) is 4.66. The van der Waals surface area contributed by atoms with E-state index in [1.807, 2.05) is 30.6 Å². The third kappa shape index (κ3) is 7.07. The Bertz CT molecular complexity index is 5190. The topological polar surface area (TPSA) is 35.6 Å². The van der Waals surface area contributed by atoms with Crippen molar-refractivity contribution in [1.29, 1.82) is 0 Å². The second-order valence-electron chi connectivity index (χ2n) is 22.4. The quantitative estimate of drug-likeness (QED) is 0.166. The average Bonchev–Trinajstić information content (AvgIpc) is 1.65. The van der Waals surface area contributed by atoms with Crippen LogP contribution in [0.1, 0.15) is 39.8 Å². The predicted molar refractivity (Wildman–Crippen MR) is 350 cm³/mol. The number of para-hydroxylation sites is 2. The number of nitrogens with zero attached hydrogens (tertiary/aromatic N) is 4. The van der Waals surface area contributed by atoms with E-state index in [1.165, 1.54) is 110 Å². The fourth-order valence-electron chi connectivity index (χ4n) is 14.4. The van der Waals surface area contributed by atoms with Crippen LogP contribution in [0.25, 0.3) is 122 Å². The monoisotopic (exact) mass is 1070 g/mol. The maximum absolute atomic E-state index is 4.78. The Morgan fingerprint density at radius 3 is 1.39 bits per heavy atom. The van der Waals surface area contributed by atoms with Crippen molar-refractivity contribution in [2.24, 2.45) is 0 Å². The molecule has 4 aromatic heterocycles. The molecule has 4 nitrogen and oxygen atoms in total. The molecule has 0 aliphatic heterocycles. The van der Waals surface area contributed by atoms with Crippen molar-refractivity contribution in [3.05, 3.63) is 337 Å². The lowest BCUT2D eigenvalue weighted by atomic mass is 9.70. The maximum atomic E-state index is 4.78. The second-order valence-corrected chi connectivity index (χ2v) is 22.4. The van der Waals surface area contributed by atoms with Crippen LogP contribution in [0.3, 0.4) is 0 Å². The Morgan fingerprint density at radius 1 is 0.345 bits per heavy atom. The van der Waals surface area contributed by atoms with Gasteiger partial charge in [-0.05, 0) is 185 Å². The third-order valence-corrected chi connectivity index (χ3v) is 18.1. The summed E-state index contributed by atoms with van der Waals surface area (Å²) in [6, 6.07) is 89.7. The molecule has 10 aromatic carbocycles. The zero-order valence-electron chi connectivity index (χ0n) is 45.9. The first kappa shape index (κ1) is 47.8. The van der Waals surface area contributed by atoms with Crippen molar-refractivity contribution in [1.82, 2.24) is 19.1 Å². The van der Waals surface area contributed by atoms with Gasteiger partial charge in [0.15, 0.2) is 0 Å². The first-order valence-electron chi connectivity index (χ1n) is 28.9. The fraction of sp³-hybridized carbons (Fsp3) is 0.0250. The van der Waals surface area contributed by atoms with Crippen molar-refractivity contribution in [2.75, 3.05) is 0 Å². The summed E-state index contributed by atoms with van der Waals surface area (Å²) >= 11 is 0. The molecule has 0 atom stereocenters. The minimum absolute atomic E-state index is 0.558. The summed E-state index contributed by atoms with van der Waals surface area (Å²) in [7, 11) is 0. The Morgan fingerprint density at radius 2 is 0.798 bits per heavy atom. The van der Waals surface area contributed by atoms with Crippen LogP contribution in [0, 0.1) is 0 Å². The van der Waals surface area contributed by atoms with Gasteiger partial charge >= 0.3 is 0 Å². The predicted octanol–water partition coefficient (Wildman–Crippen LogP) is 20.0. The zero-order chi connectivity index (χ0) is 55.5. The number of aromatic nitrogens is 4. The van der Waals surface area contributed by atoms with E-state index in [1.54, 1.807) is 0 Å². The van der Waals surface area contributed by atoms with Crippen LogP contribution in [0.2, 0.25) is 0 Å². The van der Waals surface area contributed by atoms with Gasteiger partial charge in [0.2, 0.25) is 0 Å². The van der Waals surface area contributed by atoms with Gasteiger partial charge in [-0.2, -0.15) is 0 Å². The Balaban J connectivity index is 0.805. The van der Waals surface area contributed by atoms with E-state index in [0.717, 1.165) is 56.8 Å². The van der Waals surface area contributed by atoms with Gasteiger partial charge in [-0.25, -0.2) is 9.97 Å². The molecule has 4 heteroatoms. The fourth-order valence-corrected chi connectivity index (χ4v) is 14.4. The number of rotatable bonds is 6. The lowest BCUT2D eigenvalue weighted by molar-refractivity contribution is 0.793. The Labute approximate surface area is 486 Å². The summed E-state index contributed by atoms with van der Waals surface area (Å²) in [4.78, 5) is 9.55. The minimum atomic E-state index is -0.558. The summed E-state index contributed by atoms with van der Waals surface area (Å²) < 4.78 is 4.54. The molecule has 0 amide bonds. The number of hydrogen-bond donors (Lipinski definition) is 0. The van der Waals surface area contributed by atoms with E-state index in [0.29, 0.717) is 0 Å². The SMILES string of the molecule is C=C1/C=C\C=C/C/C(c2ccc3c(c2)C2(c4ccccc4-c4ccccc42)c2cc(-c4ccc(-c5ccc6c(c5)c5ccccc5n6-c5ccccn5)c5ccccc45)ccc2-3)=C\C=C1c1ccc2c(c1)c1ccccc1n2-c1ccccn1. The van der Waals surface area contributed by atoms with Gasteiger partial charge in [0, 0.05) is 33.9 Å². The smallest absolute Gasteiger partial charge is 0.137 e. The van der Waals surface area contributed by atoms with E-state index in [-0.39, 0.29) is 0 Å². The molecule has 0 saturated carbocycles. The van der Waals surface area contributed by atoms with E-state index in [9.17, 15) is 0 Å². The molecule has 3 aliphatic rings. The van der Waals surface area contributed by atoms with Crippen LogP contribution in [-0.4, -0.2) is 19.1 Å². The van der Waals surface area contributed by atoms with Gasteiger partial charge in [0.25, 0.3) is 0 Å². The summed E-state index contributed by atoms with van der Waals surface area (Å²) in [5, 5.41) is 7.23. The molecule has 0 N–H and O–H groups in total. The first-order valence-corrected chi connectivity index (χ1v) is 28.9. The molecule has 0 unspecified atom stereocenters. The normalized spacial score (nSPS) is 15.5. The van der Waals surface area contributed by atoms with Crippen LogP contribution < -0.4 is 0 Å². The third-order valence-electron chi connectivity index (χ3n) is 18.1. The molecule has 84 heavy (non-hydrogen) atoms. The lowest BCUT2D eigenvalue weighted by Gasteiger charge is -2.31. The molecule has 17 rings (SSSR count).